The van der Waals surface area contributed by atoms with Crippen LogP contribution < -0.4 is 0 Å². The molecule has 168 valence electrons. The molecule has 2 aromatic carbocycles. The molecule has 1 fully saturated rings. The third-order valence-corrected chi connectivity index (χ3v) is 6.34. The molecule has 0 bridgehead atoms. The van der Waals surface area contributed by atoms with E-state index >= 15 is 0 Å². The Morgan fingerprint density at radius 2 is 1.50 bits per heavy atom. The van der Waals surface area contributed by atoms with E-state index in [4.69, 9.17) is 0 Å². The number of aromatic nitrogens is 2. The standard InChI is InChI=1S/C27H34N4O/c1-20-11-13-22(14-12-20)25(21-9-7-6-8-10-21)30-15-17-31(18-16-30)26(32)23-19-24(27(2,3)4)28-29(23)5/h6-14,19,25H,15-18H2,1-5H3. The van der Waals surface area contributed by atoms with Crippen LogP contribution in [0.25, 0.3) is 0 Å². The lowest BCUT2D eigenvalue weighted by molar-refractivity contribution is 0.0587. The molecule has 1 aliphatic heterocycles. The van der Waals surface area contributed by atoms with E-state index in [2.05, 4.69) is 92.3 Å². The molecule has 1 aliphatic rings. The van der Waals surface area contributed by atoms with Crippen LogP contribution in [0.4, 0.5) is 0 Å². The second-order valence-corrected chi connectivity index (χ2v) is 9.84. The third kappa shape index (κ3) is 4.63. The highest BCUT2D eigenvalue weighted by molar-refractivity contribution is 5.92. The Balaban J connectivity index is 1.52. The van der Waals surface area contributed by atoms with Gasteiger partial charge in [0.15, 0.2) is 0 Å². The molecule has 32 heavy (non-hydrogen) atoms. The largest absolute Gasteiger partial charge is 0.335 e. The molecule has 0 saturated carbocycles. The van der Waals surface area contributed by atoms with Crippen LogP contribution in [-0.2, 0) is 12.5 Å². The highest BCUT2D eigenvalue weighted by Crippen LogP contribution is 2.30. The number of nitrogens with zero attached hydrogens (tertiary/aromatic N) is 4. The van der Waals surface area contributed by atoms with Gasteiger partial charge in [0.05, 0.1) is 11.7 Å². The minimum absolute atomic E-state index is 0.0711. The van der Waals surface area contributed by atoms with Crippen LogP contribution in [0.2, 0.25) is 0 Å². The molecule has 5 heteroatoms. The van der Waals surface area contributed by atoms with Gasteiger partial charge in [0, 0.05) is 38.6 Å². The summed E-state index contributed by atoms with van der Waals surface area (Å²) in [6.07, 6.45) is 0. The third-order valence-electron chi connectivity index (χ3n) is 6.34. The normalized spacial score (nSPS) is 16.2. The SMILES string of the molecule is Cc1ccc(C(c2ccccc2)N2CCN(C(=O)c3cc(C(C)(C)C)nn3C)CC2)cc1. The predicted molar refractivity (Wildman–Crippen MR) is 129 cm³/mol. The molecule has 0 aliphatic carbocycles. The lowest BCUT2D eigenvalue weighted by atomic mass is 9.92. The molecule has 1 amide bonds. The number of carbonyl (C=O) groups excluding carboxylic acids is 1. The van der Waals surface area contributed by atoms with Gasteiger partial charge < -0.3 is 4.90 Å². The van der Waals surface area contributed by atoms with Gasteiger partial charge in [-0.1, -0.05) is 80.9 Å². The fourth-order valence-electron chi connectivity index (χ4n) is 4.38. The fourth-order valence-corrected chi connectivity index (χ4v) is 4.38. The van der Waals surface area contributed by atoms with Crippen LogP contribution in [0.5, 0.6) is 0 Å². The molecule has 0 N–H and O–H groups in total. The van der Waals surface area contributed by atoms with Crippen LogP contribution in [0, 0.1) is 6.92 Å². The van der Waals surface area contributed by atoms with Crippen molar-refractivity contribution >= 4 is 5.91 Å². The van der Waals surface area contributed by atoms with Crippen molar-refractivity contribution in [2.75, 3.05) is 26.2 Å². The van der Waals surface area contributed by atoms with Crippen molar-refractivity contribution in [3.8, 4) is 0 Å². The topological polar surface area (TPSA) is 41.4 Å². The molecule has 2 heterocycles. The maximum atomic E-state index is 13.3. The van der Waals surface area contributed by atoms with Crippen LogP contribution >= 0.6 is 0 Å². The Labute approximate surface area is 191 Å². The summed E-state index contributed by atoms with van der Waals surface area (Å²) in [5.41, 5.74) is 5.39. The zero-order valence-electron chi connectivity index (χ0n) is 19.9. The monoisotopic (exact) mass is 430 g/mol. The number of aryl methyl sites for hydroxylation is 2. The highest BCUT2D eigenvalue weighted by Gasteiger charge is 2.30. The molecule has 1 unspecified atom stereocenters. The maximum absolute atomic E-state index is 13.3. The van der Waals surface area contributed by atoms with Crippen molar-refractivity contribution in [2.24, 2.45) is 7.05 Å². The summed E-state index contributed by atoms with van der Waals surface area (Å²) >= 11 is 0. The summed E-state index contributed by atoms with van der Waals surface area (Å²) in [5.74, 6) is 0.0711. The van der Waals surface area contributed by atoms with E-state index in [9.17, 15) is 4.79 Å². The molecule has 1 saturated heterocycles. The summed E-state index contributed by atoms with van der Waals surface area (Å²) in [6.45, 7) is 11.6. The summed E-state index contributed by atoms with van der Waals surface area (Å²) in [4.78, 5) is 17.7. The van der Waals surface area contributed by atoms with Crippen molar-refractivity contribution in [3.05, 3.63) is 88.7 Å². The summed E-state index contributed by atoms with van der Waals surface area (Å²) in [6, 6.07) is 21.6. The van der Waals surface area contributed by atoms with E-state index in [0.717, 1.165) is 18.8 Å². The second-order valence-electron chi connectivity index (χ2n) is 9.84. The van der Waals surface area contributed by atoms with Crippen molar-refractivity contribution in [3.63, 3.8) is 0 Å². The lowest BCUT2D eigenvalue weighted by Gasteiger charge is -2.39. The smallest absolute Gasteiger partial charge is 0.272 e. The van der Waals surface area contributed by atoms with Crippen molar-refractivity contribution in [1.82, 2.24) is 19.6 Å². The number of benzene rings is 2. The van der Waals surface area contributed by atoms with E-state index < -0.39 is 0 Å². The number of amides is 1. The molecular weight excluding hydrogens is 396 g/mol. The van der Waals surface area contributed by atoms with Gasteiger partial charge in [0.25, 0.3) is 5.91 Å². The first-order valence-corrected chi connectivity index (χ1v) is 11.4. The molecule has 0 spiro atoms. The van der Waals surface area contributed by atoms with Crippen molar-refractivity contribution in [1.29, 1.82) is 0 Å². The molecule has 1 aromatic heterocycles. The lowest BCUT2D eigenvalue weighted by Crippen LogP contribution is -2.50. The fraction of sp³-hybridized carbons (Fsp3) is 0.407. The van der Waals surface area contributed by atoms with Crippen molar-refractivity contribution in [2.45, 2.75) is 39.2 Å². The molecular formula is C27H34N4O. The van der Waals surface area contributed by atoms with Gasteiger partial charge in [-0.3, -0.25) is 14.4 Å². The molecule has 4 rings (SSSR count). The highest BCUT2D eigenvalue weighted by atomic mass is 16.2. The quantitative estimate of drug-likeness (QED) is 0.609. The first-order valence-electron chi connectivity index (χ1n) is 11.4. The van der Waals surface area contributed by atoms with E-state index in [1.54, 1.807) is 4.68 Å². The predicted octanol–water partition coefficient (Wildman–Crippen LogP) is 4.57. The number of hydrogen-bond acceptors (Lipinski definition) is 3. The number of piperazine rings is 1. The Morgan fingerprint density at radius 3 is 2.06 bits per heavy atom. The zero-order valence-corrected chi connectivity index (χ0v) is 19.9. The zero-order chi connectivity index (χ0) is 22.9. The number of hydrogen-bond donors (Lipinski definition) is 0. The van der Waals surface area contributed by atoms with Gasteiger partial charge in [0.1, 0.15) is 5.69 Å². The molecule has 1 atom stereocenters. The first-order chi connectivity index (χ1) is 15.2. The number of rotatable bonds is 4. The average Bonchev–Trinajstić information content (AvgIpc) is 3.18. The van der Waals surface area contributed by atoms with Crippen LogP contribution in [-0.4, -0.2) is 51.7 Å². The van der Waals surface area contributed by atoms with Crippen LogP contribution in [0.3, 0.4) is 0 Å². The minimum Gasteiger partial charge on any atom is -0.335 e. The first kappa shape index (κ1) is 22.3. The minimum atomic E-state index is -0.0775. The van der Waals surface area contributed by atoms with Crippen molar-refractivity contribution < 1.29 is 4.79 Å². The Morgan fingerprint density at radius 1 is 0.906 bits per heavy atom. The maximum Gasteiger partial charge on any atom is 0.272 e. The molecule has 3 aromatic rings. The Kier molecular flexibility index (Phi) is 6.20. The van der Waals surface area contributed by atoms with Gasteiger partial charge in [0.2, 0.25) is 0 Å². The van der Waals surface area contributed by atoms with Gasteiger partial charge in [-0.15, -0.1) is 0 Å². The van der Waals surface area contributed by atoms with E-state index in [-0.39, 0.29) is 17.4 Å². The average molecular weight is 431 g/mol. The van der Waals surface area contributed by atoms with E-state index in [0.29, 0.717) is 18.8 Å². The summed E-state index contributed by atoms with van der Waals surface area (Å²) in [5, 5.41) is 4.59. The Bertz CT molecular complexity index is 1060. The van der Waals surface area contributed by atoms with Gasteiger partial charge >= 0.3 is 0 Å². The van der Waals surface area contributed by atoms with Crippen LogP contribution in [0.1, 0.15) is 59.7 Å². The van der Waals surface area contributed by atoms with Gasteiger partial charge in [-0.25, -0.2) is 0 Å². The van der Waals surface area contributed by atoms with Gasteiger partial charge in [-0.05, 0) is 24.1 Å². The van der Waals surface area contributed by atoms with Crippen LogP contribution in [0.15, 0.2) is 60.7 Å². The summed E-state index contributed by atoms with van der Waals surface area (Å²) < 4.78 is 1.73. The second kappa shape index (κ2) is 8.91. The molecule has 5 nitrogen and oxygen atoms in total. The van der Waals surface area contributed by atoms with E-state index in [1.807, 2.05) is 18.0 Å². The molecule has 0 radical (unpaired) electrons. The summed E-state index contributed by atoms with van der Waals surface area (Å²) in [7, 11) is 1.86. The van der Waals surface area contributed by atoms with Gasteiger partial charge in [-0.2, -0.15) is 5.10 Å². The number of carbonyl (C=O) groups is 1. The van der Waals surface area contributed by atoms with E-state index in [1.165, 1.54) is 16.7 Å². The Hall–Kier alpha value is -2.92.